The Bertz CT molecular complexity index is 383. The summed E-state index contributed by atoms with van der Waals surface area (Å²) in [5.41, 5.74) is 0.610. The minimum atomic E-state index is -0.343. The Balaban J connectivity index is 2.68. The van der Waals surface area contributed by atoms with Crippen molar-refractivity contribution in [2.45, 2.75) is 6.42 Å². The largest absolute Gasteiger partial charge is 0.315 e. The lowest BCUT2D eigenvalue weighted by atomic mass is 10.2. The number of anilines is 1. The lowest BCUT2D eigenvalue weighted by Crippen LogP contribution is -2.26. The third-order valence-electron chi connectivity index (χ3n) is 2.01. The van der Waals surface area contributed by atoms with Crippen molar-refractivity contribution >= 4 is 11.6 Å². The molecule has 1 amide bonds. The molecule has 0 N–H and O–H groups in total. The Morgan fingerprint density at radius 3 is 2.60 bits per heavy atom. The van der Waals surface area contributed by atoms with Crippen LogP contribution >= 0.6 is 0 Å². The maximum Gasteiger partial charge on any atom is 0.314 e. The number of hydrogen-bond acceptors (Lipinski definition) is 2. The van der Waals surface area contributed by atoms with Crippen molar-refractivity contribution in [1.82, 2.24) is 0 Å². The summed E-state index contributed by atoms with van der Waals surface area (Å²) in [6, 6.07) is 5.61. The van der Waals surface area contributed by atoms with Gasteiger partial charge in [-0.3, -0.25) is 4.79 Å². The molecule has 0 fully saturated rings. The normalized spacial score (nSPS) is 9.40. The van der Waals surface area contributed by atoms with Crippen LogP contribution in [0.4, 0.5) is 10.1 Å². The van der Waals surface area contributed by atoms with Gasteiger partial charge in [0.1, 0.15) is 17.2 Å². The van der Waals surface area contributed by atoms with Gasteiger partial charge in [-0.05, 0) is 24.3 Å². The van der Waals surface area contributed by atoms with E-state index in [1.165, 1.54) is 29.2 Å². The van der Waals surface area contributed by atoms with Gasteiger partial charge in [0.25, 0.3) is 0 Å². The van der Waals surface area contributed by atoms with Crippen molar-refractivity contribution in [3.05, 3.63) is 35.1 Å². The van der Waals surface area contributed by atoms with Gasteiger partial charge in [-0.2, -0.15) is 0 Å². The van der Waals surface area contributed by atoms with Crippen LogP contribution in [-0.2, 0) is 4.79 Å². The molecule has 0 bridgehead atoms. The Hall–Kier alpha value is -1.96. The second-order valence-electron chi connectivity index (χ2n) is 3.04. The zero-order valence-electron chi connectivity index (χ0n) is 8.35. The van der Waals surface area contributed by atoms with Gasteiger partial charge in [0, 0.05) is 12.7 Å². The van der Waals surface area contributed by atoms with Crippen LogP contribution in [0.25, 0.3) is 4.98 Å². The van der Waals surface area contributed by atoms with E-state index in [0.29, 0.717) is 5.69 Å². The van der Waals surface area contributed by atoms with Gasteiger partial charge in [0.15, 0.2) is 0 Å². The molecule has 1 rings (SSSR count). The molecule has 0 spiro atoms. The lowest BCUT2D eigenvalue weighted by molar-refractivity contribution is -0.118. The van der Waals surface area contributed by atoms with Gasteiger partial charge in [-0.15, -0.1) is 0 Å². The van der Waals surface area contributed by atoms with E-state index in [1.54, 1.807) is 7.05 Å². The summed E-state index contributed by atoms with van der Waals surface area (Å²) in [7, 11) is 1.59. The van der Waals surface area contributed by atoms with Crippen LogP contribution in [0.15, 0.2) is 24.3 Å². The monoisotopic (exact) mass is 208 g/mol. The van der Waals surface area contributed by atoms with E-state index in [-0.39, 0.29) is 24.7 Å². The molecule has 0 heterocycles. The number of benzene rings is 1. The Morgan fingerprint density at radius 1 is 1.47 bits per heavy atom. The molecule has 15 heavy (non-hydrogen) atoms. The second kappa shape index (κ2) is 5.05. The minimum absolute atomic E-state index is 0.0738. The van der Waals surface area contributed by atoms with E-state index in [4.69, 9.17) is 5.39 Å². The summed E-state index contributed by atoms with van der Waals surface area (Å²) in [6.07, 6.45) is 0.129. The molecule has 5 heteroatoms. The summed E-state index contributed by atoms with van der Waals surface area (Å²) in [4.78, 5) is 15.7. The highest BCUT2D eigenvalue weighted by Gasteiger charge is 2.13. The molecule has 0 aromatic heterocycles. The van der Waals surface area contributed by atoms with Crippen molar-refractivity contribution in [3.8, 4) is 0 Å². The van der Waals surface area contributed by atoms with E-state index in [1.807, 2.05) is 0 Å². The first-order valence-corrected chi connectivity index (χ1v) is 4.48. The SMILES string of the molecule is CN(C(=O)CC[N+]#N)c1ccc(F)cc1. The summed E-state index contributed by atoms with van der Waals surface area (Å²) in [5.74, 6) is -0.524. The first-order valence-electron chi connectivity index (χ1n) is 4.48. The van der Waals surface area contributed by atoms with Crippen molar-refractivity contribution in [1.29, 1.82) is 5.39 Å². The molecule has 4 nitrogen and oxygen atoms in total. The van der Waals surface area contributed by atoms with Crippen LogP contribution in [0.1, 0.15) is 6.42 Å². The molecule has 0 saturated heterocycles. The van der Waals surface area contributed by atoms with Crippen LogP contribution < -0.4 is 4.90 Å². The van der Waals surface area contributed by atoms with Crippen LogP contribution in [0.3, 0.4) is 0 Å². The topological polar surface area (TPSA) is 48.5 Å². The predicted octanol–water partition coefficient (Wildman–Crippen LogP) is 2.03. The highest BCUT2D eigenvalue weighted by atomic mass is 19.1. The predicted molar refractivity (Wildman–Crippen MR) is 54.4 cm³/mol. The van der Waals surface area contributed by atoms with Crippen LogP contribution in [0, 0.1) is 11.2 Å². The number of carbonyl (C=O) groups excluding carboxylic acids is 1. The van der Waals surface area contributed by atoms with Gasteiger partial charge < -0.3 is 4.90 Å². The van der Waals surface area contributed by atoms with Crippen LogP contribution in [0.2, 0.25) is 0 Å². The minimum Gasteiger partial charge on any atom is -0.315 e. The number of nitrogens with zero attached hydrogens (tertiary/aromatic N) is 3. The second-order valence-corrected chi connectivity index (χ2v) is 3.04. The fourth-order valence-electron chi connectivity index (χ4n) is 1.12. The lowest BCUT2D eigenvalue weighted by Gasteiger charge is -2.15. The first kappa shape index (κ1) is 11.1. The maximum atomic E-state index is 12.6. The molecule has 0 atom stereocenters. The van der Waals surface area contributed by atoms with Crippen LogP contribution in [0.5, 0.6) is 0 Å². The summed E-state index contributed by atoms with van der Waals surface area (Å²) in [6.45, 7) is 0.0738. The quantitative estimate of drug-likeness (QED) is 0.713. The Morgan fingerprint density at radius 2 is 2.07 bits per heavy atom. The first-order chi connectivity index (χ1) is 7.15. The van der Waals surface area contributed by atoms with Gasteiger partial charge in [-0.25, -0.2) is 4.39 Å². The number of diazo groups is 1. The average molecular weight is 208 g/mol. The highest BCUT2D eigenvalue weighted by molar-refractivity contribution is 5.92. The fourth-order valence-corrected chi connectivity index (χ4v) is 1.12. The molecule has 1 aromatic carbocycles. The van der Waals surface area contributed by atoms with Crippen molar-refractivity contribution in [2.75, 3.05) is 18.5 Å². The smallest absolute Gasteiger partial charge is 0.314 e. The third kappa shape index (κ3) is 3.02. The Labute approximate surface area is 86.9 Å². The molecule has 1 aromatic rings. The zero-order valence-corrected chi connectivity index (χ0v) is 8.35. The molecule has 0 unspecified atom stereocenters. The van der Waals surface area contributed by atoms with E-state index < -0.39 is 0 Å². The van der Waals surface area contributed by atoms with Crippen molar-refractivity contribution in [2.24, 2.45) is 0 Å². The third-order valence-corrected chi connectivity index (χ3v) is 2.01. The number of rotatable bonds is 3. The molecule has 0 aliphatic heterocycles. The molecular formula is C10H11FN3O+. The van der Waals surface area contributed by atoms with Gasteiger partial charge in [0.2, 0.25) is 11.3 Å². The fraction of sp³-hybridized carbons (Fsp3) is 0.300. The summed E-state index contributed by atoms with van der Waals surface area (Å²) < 4.78 is 12.6. The number of hydrogen-bond donors (Lipinski definition) is 0. The van der Waals surface area contributed by atoms with E-state index >= 15 is 0 Å². The standard InChI is InChI=1S/C10H11FN3O/c1-14(10(15)6-7-13-12)9-4-2-8(11)3-5-9/h2-5H,6-7H2,1H3/q+1. The van der Waals surface area contributed by atoms with Crippen molar-refractivity contribution in [3.63, 3.8) is 0 Å². The molecule has 0 saturated carbocycles. The van der Waals surface area contributed by atoms with Crippen LogP contribution in [-0.4, -0.2) is 19.5 Å². The summed E-state index contributed by atoms with van der Waals surface area (Å²) >= 11 is 0. The molecule has 0 radical (unpaired) electrons. The zero-order chi connectivity index (χ0) is 11.3. The van der Waals surface area contributed by atoms with Gasteiger partial charge in [-0.1, -0.05) is 0 Å². The number of amides is 1. The van der Waals surface area contributed by atoms with E-state index in [2.05, 4.69) is 4.98 Å². The highest BCUT2D eigenvalue weighted by Crippen LogP contribution is 2.13. The van der Waals surface area contributed by atoms with E-state index in [9.17, 15) is 9.18 Å². The molecular weight excluding hydrogens is 197 g/mol. The number of halogens is 1. The van der Waals surface area contributed by atoms with Gasteiger partial charge in [0.05, 0.1) is 0 Å². The Kier molecular flexibility index (Phi) is 3.75. The van der Waals surface area contributed by atoms with E-state index in [0.717, 1.165) is 0 Å². The van der Waals surface area contributed by atoms with Gasteiger partial charge >= 0.3 is 6.54 Å². The number of carbonyl (C=O) groups is 1. The van der Waals surface area contributed by atoms with Crippen molar-refractivity contribution < 1.29 is 9.18 Å². The molecule has 0 aliphatic rings. The maximum absolute atomic E-state index is 12.6. The molecule has 78 valence electrons. The molecule has 0 aliphatic carbocycles. The summed E-state index contributed by atoms with van der Waals surface area (Å²) in [5, 5.41) is 8.21. The average Bonchev–Trinajstić information content (AvgIpc) is 2.26.